The molecule has 1 amide bonds. The summed E-state index contributed by atoms with van der Waals surface area (Å²) in [5.41, 5.74) is 2.78. The highest BCUT2D eigenvalue weighted by molar-refractivity contribution is 6.29. The topological polar surface area (TPSA) is 65.4 Å². The molecule has 0 aliphatic carbocycles. The Balaban J connectivity index is 1.77. The number of rotatable bonds is 5. The van der Waals surface area contributed by atoms with Crippen LogP contribution in [0.1, 0.15) is 16.1 Å². The molecule has 0 spiro atoms. The molecule has 0 saturated heterocycles. The molecule has 0 fully saturated rings. The second-order valence-corrected chi connectivity index (χ2v) is 5.98. The van der Waals surface area contributed by atoms with Crippen LogP contribution in [0.3, 0.4) is 0 Å². The van der Waals surface area contributed by atoms with Crippen LogP contribution >= 0.6 is 11.6 Å². The summed E-state index contributed by atoms with van der Waals surface area (Å²) in [5.74, 6) is 0.825. The number of benzene rings is 2. The van der Waals surface area contributed by atoms with Crippen molar-refractivity contribution in [3.63, 3.8) is 0 Å². The van der Waals surface area contributed by atoms with Gasteiger partial charge in [0.15, 0.2) is 11.5 Å². The van der Waals surface area contributed by atoms with E-state index in [0.717, 1.165) is 11.4 Å². The number of carbonyl (C=O) groups excluding carboxylic acids is 1. The Bertz CT molecular complexity index is 936. The second-order valence-electron chi connectivity index (χ2n) is 5.59. The number of carbonyl (C=O) groups is 1. The van der Waals surface area contributed by atoms with Crippen molar-refractivity contribution in [1.82, 2.24) is 9.78 Å². The maximum atomic E-state index is 12.4. The van der Waals surface area contributed by atoms with Crippen molar-refractivity contribution in [1.29, 1.82) is 0 Å². The number of hydrogen-bond acceptors (Lipinski definition) is 4. The molecule has 0 aliphatic heterocycles. The molecule has 0 radical (unpaired) electrons. The molecule has 1 aromatic heterocycles. The molecule has 0 bridgehead atoms. The van der Waals surface area contributed by atoms with Crippen molar-refractivity contribution in [3.8, 4) is 17.2 Å². The number of amides is 1. The van der Waals surface area contributed by atoms with Gasteiger partial charge in [0, 0.05) is 11.3 Å². The molecule has 3 aromatic rings. The number of halogens is 1. The van der Waals surface area contributed by atoms with Crippen molar-refractivity contribution in [2.75, 3.05) is 19.5 Å². The molecule has 0 saturated carbocycles. The van der Waals surface area contributed by atoms with Gasteiger partial charge in [0.05, 0.1) is 25.6 Å². The Kier molecular flexibility index (Phi) is 5.14. The molecule has 2 aromatic carbocycles. The van der Waals surface area contributed by atoms with Crippen molar-refractivity contribution in [3.05, 3.63) is 64.9 Å². The molecule has 0 aliphatic rings. The first-order valence-corrected chi connectivity index (χ1v) is 8.25. The van der Waals surface area contributed by atoms with E-state index in [-0.39, 0.29) is 5.91 Å². The van der Waals surface area contributed by atoms with Crippen molar-refractivity contribution < 1.29 is 14.3 Å². The summed E-state index contributed by atoms with van der Waals surface area (Å²) in [4.78, 5) is 12.4. The maximum absolute atomic E-state index is 12.4. The van der Waals surface area contributed by atoms with E-state index in [1.54, 1.807) is 48.2 Å². The minimum Gasteiger partial charge on any atom is -0.493 e. The predicted octanol–water partition coefficient (Wildman–Crippen LogP) is 4.10. The van der Waals surface area contributed by atoms with Gasteiger partial charge in [-0.1, -0.05) is 11.6 Å². The molecule has 26 heavy (non-hydrogen) atoms. The number of anilines is 1. The van der Waals surface area contributed by atoms with E-state index in [2.05, 4.69) is 10.4 Å². The third kappa shape index (κ3) is 3.65. The van der Waals surface area contributed by atoms with Gasteiger partial charge in [0.25, 0.3) is 5.91 Å². The lowest BCUT2D eigenvalue weighted by Gasteiger charge is -2.10. The first-order chi connectivity index (χ1) is 12.5. The standard InChI is InChI=1S/C19H18ClN3O3/c1-12-10-18(20)23(22-12)15-7-5-14(6-8-15)21-19(24)13-4-9-16(25-2)17(11-13)26-3/h4-11H,1-3H3,(H,21,24). The highest BCUT2D eigenvalue weighted by Crippen LogP contribution is 2.28. The molecule has 7 heteroatoms. The number of nitrogens with one attached hydrogen (secondary N) is 1. The van der Waals surface area contributed by atoms with Gasteiger partial charge in [-0.15, -0.1) is 0 Å². The van der Waals surface area contributed by atoms with Crippen LogP contribution in [-0.4, -0.2) is 29.9 Å². The Labute approximate surface area is 156 Å². The Morgan fingerprint density at radius 2 is 1.73 bits per heavy atom. The summed E-state index contributed by atoms with van der Waals surface area (Å²) < 4.78 is 12.0. The largest absolute Gasteiger partial charge is 0.493 e. The van der Waals surface area contributed by atoms with Gasteiger partial charge in [-0.25, -0.2) is 4.68 Å². The molecule has 1 heterocycles. The van der Waals surface area contributed by atoms with Gasteiger partial charge in [-0.3, -0.25) is 4.79 Å². The monoisotopic (exact) mass is 371 g/mol. The molecular formula is C19H18ClN3O3. The van der Waals surface area contributed by atoms with Gasteiger partial charge in [-0.2, -0.15) is 5.10 Å². The lowest BCUT2D eigenvalue weighted by atomic mass is 10.1. The number of methoxy groups -OCH3 is 2. The number of ether oxygens (including phenoxy) is 2. The zero-order valence-electron chi connectivity index (χ0n) is 14.6. The van der Waals surface area contributed by atoms with Crippen LogP contribution < -0.4 is 14.8 Å². The lowest BCUT2D eigenvalue weighted by Crippen LogP contribution is -2.12. The Morgan fingerprint density at radius 1 is 1.04 bits per heavy atom. The van der Waals surface area contributed by atoms with Gasteiger partial charge >= 0.3 is 0 Å². The SMILES string of the molecule is COc1ccc(C(=O)Nc2ccc(-n3nc(C)cc3Cl)cc2)cc1OC. The summed E-state index contributed by atoms with van der Waals surface area (Å²) in [7, 11) is 3.08. The minimum atomic E-state index is -0.244. The van der Waals surface area contributed by atoms with Gasteiger partial charge in [-0.05, 0) is 55.5 Å². The fourth-order valence-corrected chi connectivity index (χ4v) is 2.81. The predicted molar refractivity (Wildman–Crippen MR) is 101 cm³/mol. The Hall–Kier alpha value is -2.99. The van der Waals surface area contributed by atoms with E-state index >= 15 is 0 Å². The van der Waals surface area contributed by atoms with E-state index in [1.165, 1.54) is 7.11 Å². The van der Waals surface area contributed by atoms with Crippen LogP contribution in [0.2, 0.25) is 5.15 Å². The summed E-state index contributed by atoms with van der Waals surface area (Å²) >= 11 is 6.15. The smallest absolute Gasteiger partial charge is 0.255 e. The first-order valence-electron chi connectivity index (χ1n) is 7.88. The summed E-state index contributed by atoms with van der Waals surface area (Å²) in [6.07, 6.45) is 0. The van der Waals surface area contributed by atoms with Crippen LogP contribution in [0.4, 0.5) is 5.69 Å². The van der Waals surface area contributed by atoms with Crippen molar-refractivity contribution >= 4 is 23.2 Å². The van der Waals surface area contributed by atoms with E-state index in [4.69, 9.17) is 21.1 Å². The van der Waals surface area contributed by atoms with E-state index in [9.17, 15) is 4.79 Å². The highest BCUT2D eigenvalue weighted by atomic mass is 35.5. The minimum absolute atomic E-state index is 0.244. The van der Waals surface area contributed by atoms with E-state index < -0.39 is 0 Å². The average molecular weight is 372 g/mol. The molecule has 3 rings (SSSR count). The Morgan fingerprint density at radius 3 is 2.31 bits per heavy atom. The fourth-order valence-electron chi connectivity index (χ4n) is 2.52. The van der Waals surface area contributed by atoms with E-state index in [0.29, 0.717) is 27.9 Å². The molecular weight excluding hydrogens is 354 g/mol. The molecule has 0 atom stereocenters. The van der Waals surface area contributed by atoms with Crippen LogP contribution in [-0.2, 0) is 0 Å². The molecule has 134 valence electrons. The highest BCUT2D eigenvalue weighted by Gasteiger charge is 2.11. The second kappa shape index (κ2) is 7.49. The van der Waals surface area contributed by atoms with E-state index in [1.807, 2.05) is 19.1 Å². The third-order valence-corrected chi connectivity index (χ3v) is 4.07. The van der Waals surface area contributed by atoms with Crippen LogP contribution in [0, 0.1) is 6.92 Å². The summed E-state index contributed by atoms with van der Waals surface area (Å²) in [6, 6.07) is 14.0. The summed E-state index contributed by atoms with van der Waals surface area (Å²) in [6.45, 7) is 1.88. The maximum Gasteiger partial charge on any atom is 0.255 e. The third-order valence-electron chi connectivity index (χ3n) is 3.80. The van der Waals surface area contributed by atoms with Crippen LogP contribution in [0.25, 0.3) is 5.69 Å². The zero-order valence-corrected chi connectivity index (χ0v) is 15.4. The zero-order chi connectivity index (χ0) is 18.7. The van der Waals surface area contributed by atoms with Gasteiger partial charge in [0.2, 0.25) is 0 Å². The quantitative estimate of drug-likeness (QED) is 0.733. The first kappa shape index (κ1) is 17.8. The lowest BCUT2D eigenvalue weighted by molar-refractivity contribution is 0.102. The molecule has 0 unspecified atom stereocenters. The number of aryl methyl sites for hydroxylation is 1. The number of nitrogens with zero attached hydrogens (tertiary/aromatic N) is 2. The fraction of sp³-hybridized carbons (Fsp3) is 0.158. The summed E-state index contributed by atoms with van der Waals surface area (Å²) in [5, 5.41) is 7.71. The normalized spacial score (nSPS) is 10.5. The number of aromatic nitrogens is 2. The van der Waals surface area contributed by atoms with Gasteiger partial charge < -0.3 is 14.8 Å². The molecule has 1 N–H and O–H groups in total. The molecule has 6 nitrogen and oxygen atoms in total. The van der Waals surface area contributed by atoms with Crippen molar-refractivity contribution in [2.24, 2.45) is 0 Å². The van der Waals surface area contributed by atoms with Crippen molar-refractivity contribution in [2.45, 2.75) is 6.92 Å². The average Bonchev–Trinajstić information content (AvgIpc) is 2.99. The van der Waals surface area contributed by atoms with Crippen LogP contribution in [0.5, 0.6) is 11.5 Å². The van der Waals surface area contributed by atoms with Gasteiger partial charge in [0.1, 0.15) is 5.15 Å². The number of hydrogen-bond donors (Lipinski definition) is 1. The van der Waals surface area contributed by atoms with Crippen LogP contribution in [0.15, 0.2) is 48.5 Å².